The van der Waals surface area contributed by atoms with E-state index >= 15 is 0 Å². The van der Waals surface area contributed by atoms with Crippen molar-refractivity contribution in [1.29, 1.82) is 0 Å². The molecule has 0 saturated heterocycles. The van der Waals surface area contributed by atoms with Crippen LogP contribution in [0.15, 0.2) is 48.5 Å². The first-order chi connectivity index (χ1) is 9.19. The molecule has 2 heteroatoms. The van der Waals surface area contributed by atoms with Crippen LogP contribution in [0.2, 0.25) is 0 Å². The highest BCUT2D eigenvalue weighted by Gasteiger charge is 2.04. The predicted molar refractivity (Wildman–Crippen MR) is 79.2 cm³/mol. The summed E-state index contributed by atoms with van der Waals surface area (Å²) in [6, 6.07) is 16.4. The van der Waals surface area contributed by atoms with Crippen molar-refractivity contribution in [3.8, 4) is 5.75 Å². The molecule has 1 atom stereocenters. The van der Waals surface area contributed by atoms with Crippen LogP contribution in [0.25, 0.3) is 0 Å². The molecule has 2 aromatic carbocycles. The number of rotatable bonds is 5. The summed E-state index contributed by atoms with van der Waals surface area (Å²) in [4.78, 5) is 0. The summed E-state index contributed by atoms with van der Waals surface area (Å²) in [5, 5.41) is 12.7. The number of phenols is 1. The second kappa shape index (κ2) is 6.39. The molecule has 19 heavy (non-hydrogen) atoms. The minimum Gasteiger partial charge on any atom is -0.508 e. The lowest BCUT2D eigenvalue weighted by molar-refractivity contribution is 0.474. The molecule has 0 aromatic heterocycles. The second-order valence-corrected chi connectivity index (χ2v) is 4.86. The van der Waals surface area contributed by atoms with E-state index in [2.05, 4.69) is 43.4 Å². The van der Waals surface area contributed by atoms with Crippen LogP contribution in [0.5, 0.6) is 5.75 Å². The molecular formula is C17H21NO. The van der Waals surface area contributed by atoms with Crippen molar-refractivity contribution in [3.63, 3.8) is 0 Å². The molecule has 0 spiro atoms. The van der Waals surface area contributed by atoms with Crippen LogP contribution in [-0.4, -0.2) is 5.11 Å². The predicted octanol–water partition coefficient (Wildman–Crippen LogP) is 3.81. The van der Waals surface area contributed by atoms with Crippen LogP contribution in [0.3, 0.4) is 0 Å². The lowest BCUT2D eigenvalue weighted by Gasteiger charge is -2.15. The molecule has 0 radical (unpaired) electrons. The fourth-order valence-electron chi connectivity index (χ4n) is 2.04. The summed E-state index contributed by atoms with van der Waals surface area (Å²) in [5.41, 5.74) is 3.85. The van der Waals surface area contributed by atoms with E-state index in [0.29, 0.717) is 11.8 Å². The lowest BCUT2D eigenvalue weighted by atomic mass is 10.0. The Kier molecular flexibility index (Phi) is 4.58. The first-order valence-electron chi connectivity index (χ1n) is 6.79. The minimum atomic E-state index is 0.312. The summed E-state index contributed by atoms with van der Waals surface area (Å²) in [6.07, 6.45) is 1.08. The van der Waals surface area contributed by atoms with Crippen molar-refractivity contribution < 1.29 is 5.11 Å². The van der Waals surface area contributed by atoms with Crippen LogP contribution in [0, 0.1) is 0 Å². The molecule has 0 bridgehead atoms. The Hall–Kier alpha value is -1.80. The average Bonchev–Trinajstić information content (AvgIpc) is 2.46. The van der Waals surface area contributed by atoms with Crippen molar-refractivity contribution in [1.82, 2.24) is 5.32 Å². The average molecular weight is 255 g/mol. The maximum Gasteiger partial charge on any atom is 0.115 e. The van der Waals surface area contributed by atoms with Gasteiger partial charge in [-0.2, -0.15) is 0 Å². The van der Waals surface area contributed by atoms with Gasteiger partial charge in [0, 0.05) is 12.6 Å². The van der Waals surface area contributed by atoms with Crippen molar-refractivity contribution in [2.45, 2.75) is 32.9 Å². The third kappa shape index (κ3) is 3.83. The van der Waals surface area contributed by atoms with Crippen LogP contribution >= 0.6 is 0 Å². The van der Waals surface area contributed by atoms with Gasteiger partial charge in [0.1, 0.15) is 5.75 Å². The molecule has 0 fully saturated rings. The highest BCUT2D eigenvalue weighted by Crippen LogP contribution is 2.15. The number of phenolic OH excluding ortho intramolecular Hbond substituents is 1. The molecule has 2 rings (SSSR count). The van der Waals surface area contributed by atoms with Gasteiger partial charge in [-0.05, 0) is 42.2 Å². The van der Waals surface area contributed by atoms with Gasteiger partial charge in [0.05, 0.1) is 0 Å². The zero-order valence-electron chi connectivity index (χ0n) is 11.6. The van der Waals surface area contributed by atoms with Crippen LogP contribution in [0.4, 0.5) is 0 Å². The van der Waals surface area contributed by atoms with Gasteiger partial charge in [0.15, 0.2) is 0 Å². The molecule has 0 saturated carbocycles. The highest BCUT2D eigenvalue weighted by atomic mass is 16.3. The van der Waals surface area contributed by atoms with E-state index in [1.54, 1.807) is 12.1 Å². The lowest BCUT2D eigenvalue weighted by Crippen LogP contribution is -2.17. The quantitative estimate of drug-likeness (QED) is 0.851. The molecule has 2 nitrogen and oxygen atoms in total. The Morgan fingerprint density at radius 3 is 2.11 bits per heavy atom. The number of nitrogens with one attached hydrogen (secondary N) is 1. The third-order valence-electron chi connectivity index (χ3n) is 3.44. The van der Waals surface area contributed by atoms with E-state index in [9.17, 15) is 5.11 Å². The molecule has 0 aliphatic heterocycles. The fraction of sp³-hybridized carbons (Fsp3) is 0.294. The molecule has 100 valence electrons. The minimum absolute atomic E-state index is 0.312. The van der Waals surface area contributed by atoms with Crippen molar-refractivity contribution in [3.05, 3.63) is 65.2 Å². The highest BCUT2D eigenvalue weighted by molar-refractivity contribution is 5.27. The number of aromatic hydroxyl groups is 1. The SMILES string of the molecule is CCc1ccc(C(C)NCc2ccc(O)cc2)cc1. The molecule has 0 amide bonds. The molecule has 0 aliphatic rings. The maximum absolute atomic E-state index is 9.24. The van der Waals surface area contributed by atoms with Crippen molar-refractivity contribution >= 4 is 0 Å². The van der Waals surface area contributed by atoms with Gasteiger partial charge >= 0.3 is 0 Å². The van der Waals surface area contributed by atoms with E-state index in [1.165, 1.54) is 16.7 Å². The topological polar surface area (TPSA) is 32.3 Å². The zero-order chi connectivity index (χ0) is 13.7. The molecule has 0 aliphatic carbocycles. The molecule has 0 heterocycles. The zero-order valence-corrected chi connectivity index (χ0v) is 11.6. The largest absolute Gasteiger partial charge is 0.508 e. The Bertz CT molecular complexity index is 502. The van der Waals surface area contributed by atoms with Gasteiger partial charge in [-0.25, -0.2) is 0 Å². The van der Waals surface area contributed by atoms with Crippen LogP contribution in [0.1, 0.15) is 36.6 Å². The second-order valence-electron chi connectivity index (χ2n) is 4.86. The smallest absolute Gasteiger partial charge is 0.115 e. The van der Waals surface area contributed by atoms with E-state index in [4.69, 9.17) is 0 Å². The number of benzene rings is 2. The van der Waals surface area contributed by atoms with Gasteiger partial charge in [0.2, 0.25) is 0 Å². The van der Waals surface area contributed by atoms with Crippen molar-refractivity contribution in [2.75, 3.05) is 0 Å². The summed E-state index contributed by atoms with van der Waals surface area (Å²) in [5.74, 6) is 0.312. The monoisotopic (exact) mass is 255 g/mol. The fourth-order valence-corrected chi connectivity index (χ4v) is 2.04. The molecule has 1 unspecified atom stereocenters. The van der Waals surface area contributed by atoms with Crippen LogP contribution < -0.4 is 5.32 Å². The van der Waals surface area contributed by atoms with E-state index in [0.717, 1.165) is 13.0 Å². The third-order valence-corrected chi connectivity index (χ3v) is 3.44. The molecule has 2 aromatic rings. The normalized spacial score (nSPS) is 12.3. The molecular weight excluding hydrogens is 234 g/mol. The van der Waals surface area contributed by atoms with E-state index in [1.807, 2.05) is 12.1 Å². The number of hydrogen-bond donors (Lipinski definition) is 2. The maximum atomic E-state index is 9.24. The Morgan fingerprint density at radius 1 is 0.947 bits per heavy atom. The standard InChI is InChI=1S/C17H21NO/c1-3-14-4-8-16(9-5-14)13(2)18-12-15-6-10-17(19)11-7-15/h4-11,13,18-19H,3,12H2,1-2H3. The summed E-state index contributed by atoms with van der Waals surface area (Å²) >= 11 is 0. The summed E-state index contributed by atoms with van der Waals surface area (Å²) < 4.78 is 0. The van der Waals surface area contributed by atoms with E-state index in [-0.39, 0.29) is 0 Å². The summed E-state index contributed by atoms with van der Waals surface area (Å²) in [6.45, 7) is 5.14. The van der Waals surface area contributed by atoms with Gasteiger partial charge in [-0.3, -0.25) is 0 Å². The number of aryl methyl sites for hydroxylation is 1. The van der Waals surface area contributed by atoms with Crippen LogP contribution in [-0.2, 0) is 13.0 Å². The van der Waals surface area contributed by atoms with Gasteiger partial charge in [-0.15, -0.1) is 0 Å². The Balaban J connectivity index is 1.93. The Labute approximate surface area is 115 Å². The van der Waals surface area contributed by atoms with Gasteiger partial charge in [0.25, 0.3) is 0 Å². The van der Waals surface area contributed by atoms with Gasteiger partial charge in [-0.1, -0.05) is 43.3 Å². The molecule has 2 N–H and O–H groups in total. The summed E-state index contributed by atoms with van der Waals surface area (Å²) in [7, 11) is 0. The van der Waals surface area contributed by atoms with Crippen molar-refractivity contribution in [2.24, 2.45) is 0 Å². The van der Waals surface area contributed by atoms with Gasteiger partial charge < -0.3 is 10.4 Å². The Morgan fingerprint density at radius 2 is 1.53 bits per heavy atom. The first kappa shape index (κ1) is 13.6. The first-order valence-corrected chi connectivity index (χ1v) is 6.79. The van der Waals surface area contributed by atoms with E-state index < -0.39 is 0 Å². The number of hydrogen-bond acceptors (Lipinski definition) is 2.